The smallest absolute Gasteiger partial charge is 0.161 e. The molecule has 4 nitrogen and oxygen atoms in total. The Labute approximate surface area is 102 Å². The van der Waals surface area contributed by atoms with Crippen LogP contribution < -0.4 is 11.1 Å². The molecule has 0 heterocycles. The maximum Gasteiger partial charge on any atom is 0.161 e. The molecule has 4 heteroatoms. The van der Waals surface area contributed by atoms with Gasteiger partial charge in [-0.3, -0.25) is 4.79 Å². The van der Waals surface area contributed by atoms with Crippen LogP contribution in [0.15, 0.2) is 18.2 Å². The third-order valence-corrected chi connectivity index (χ3v) is 2.79. The summed E-state index contributed by atoms with van der Waals surface area (Å²) in [6.45, 7) is 5.59. The van der Waals surface area contributed by atoms with Gasteiger partial charge < -0.3 is 16.2 Å². The average molecular weight is 236 g/mol. The minimum Gasteiger partial charge on any atom is -0.398 e. The van der Waals surface area contributed by atoms with Crippen LogP contribution in [0.3, 0.4) is 0 Å². The zero-order valence-corrected chi connectivity index (χ0v) is 10.5. The Bertz CT molecular complexity index is 402. The van der Waals surface area contributed by atoms with E-state index in [1.165, 1.54) is 6.92 Å². The minimum atomic E-state index is -0.0590. The lowest BCUT2D eigenvalue weighted by Gasteiger charge is -2.21. The molecule has 0 unspecified atom stereocenters. The number of aliphatic hydroxyl groups is 1. The van der Waals surface area contributed by atoms with E-state index in [2.05, 4.69) is 5.32 Å². The van der Waals surface area contributed by atoms with Gasteiger partial charge in [0.25, 0.3) is 0 Å². The van der Waals surface area contributed by atoms with Crippen LogP contribution in [-0.4, -0.2) is 23.5 Å². The fourth-order valence-corrected chi connectivity index (χ4v) is 1.59. The molecule has 0 amide bonds. The lowest BCUT2D eigenvalue weighted by molar-refractivity contribution is 0.101. The van der Waals surface area contributed by atoms with Crippen molar-refractivity contribution < 1.29 is 9.90 Å². The number of aliphatic hydroxyl groups excluding tert-OH is 1. The molecular formula is C13H20N2O2. The average Bonchev–Trinajstić information content (AvgIpc) is 2.27. The van der Waals surface area contributed by atoms with Crippen molar-refractivity contribution in [2.75, 3.05) is 17.7 Å². The number of Topliss-reactive ketones (excluding diaryl/α,β-unsaturated/α-hetero) is 1. The molecule has 0 aromatic heterocycles. The summed E-state index contributed by atoms with van der Waals surface area (Å²) >= 11 is 0. The predicted molar refractivity (Wildman–Crippen MR) is 70.2 cm³/mol. The summed E-state index contributed by atoms with van der Waals surface area (Å²) in [4.78, 5) is 11.4. The summed E-state index contributed by atoms with van der Waals surface area (Å²) in [5.41, 5.74) is 7.51. The molecule has 0 fully saturated rings. The van der Waals surface area contributed by atoms with Crippen LogP contribution >= 0.6 is 0 Å². The van der Waals surface area contributed by atoms with Gasteiger partial charge in [-0.1, -0.05) is 13.8 Å². The van der Waals surface area contributed by atoms with Crippen LogP contribution in [0.2, 0.25) is 0 Å². The number of nitrogens with one attached hydrogen (secondary N) is 1. The number of nitrogen functional groups attached to an aromatic ring is 1. The topological polar surface area (TPSA) is 75.3 Å². The van der Waals surface area contributed by atoms with Crippen LogP contribution in [0.1, 0.15) is 31.1 Å². The van der Waals surface area contributed by atoms with Crippen molar-refractivity contribution in [3.8, 4) is 0 Å². The van der Waals surface area contributed by atoms with E-state index in [9.17, 15) is 9.90 Å². The molecule has 0 radical (unpaired) electrons. The summed E-state index contributed by atoms with van der Waals surface area (Å²) in [5, 5.41) is 12.4. The van der Waals surface area contributed by atoms with E-state index >= 15 is 0 Å². The van der Waals surface area contributed by atoms with Gasteiger partial charge in [-0.05, 0) is 31.0 Å². The first kappa shape index (κ1) is 13.5. The van der Waals surface area contributed by atoms with E-state index in [4.69, 9.17) is 5.73 Å². The van der Waals surface area contributed by atoms with Crippen molar-refractivity contribution in [2.24, 2.45) is 5.92 Å². The highest BCUT2D eigenvalue weighted by molar-refractivity contribution is 6.00. The van der Waals surface area contributed by atoms with Gasteiger partial charge in [-0.25, -0.2) is 0 Å². The summed E-state index contributed by atoms with van der Waals surface area (Å²) in [6, 6.07) is 5.21. The van der Waals surface area contributed by atoms with E-state index in [0.29, 0.717) is 17.2 Å². The second kappa shape index (κ2) is 5.68. The van der Waals surface area contributed by atoms with Gasteiger partial charge in [0, 0.05) is 16.9 Å². The van der Waals surface area contributed by atoms with Crippen LogP contribution in [0.4, 0.5) is 11.4 Å². The highest BCUT2D eigenvalue weighted by Gasteiger charge is 2.13. The first-order valence-corrected chi connectivity index (χ1v) is 5.73. The lowest BCUT2D eigenvalue weighted by Crippen LogP contribution is -2.29. The molecule has 1 rings (SSSR count). The second-order valence-corrected chi connectivity index (χ2v) is 4.54. The Kier molecular flexibility index (Phi) is 4.52. The maximum absolute atomic E-state index is 11.4. The van der Waals surface area contributed by atoms with Crippen LogP contribution in [0.5, 0.6) is 0 Å². The van der Waals surface area contributed by atoms with Crippen molar-refractivity contribution >= 4 is 17.2 Å². The Hall–Kier alpha value is -1.55. The number of benzene rings is 1. The minimum absolute atomic E-state index is 0.0292. The van der Waals surface area contributed by atoms with E-state index in [-0.39, 0.29) is 18.4 Å². The molecule has 4 N–H and O–H groups in total. The Morgan fingerprint density at radius 3 is 2.59 bits per heavy atom. The molecule has 0 spiro atoms. The van der Waals surface area contributed by atoms with Gasteiger partial charge in [-0.2, -0.15) is 0 Å². The number of hydrogen-bond acceptors (Lipinski definition) is 4. The Morgan fingerprint density at radius 2 is 2.12 bits per heavy atom. The van der Waals surface area contributed by atoms with E-state index in [1.807, 2.05) is 19.9 Å². The van der Waals surface area contributed by atoms with Gasteiger partial charge >= 0.3 is 0 Å². The van der Waals surface area contributed by atoms with Crippen molar-refractivity contribution in [1.82, 2.24) is 0 Å². The summed E-state index contributed by atoms with van der Waals surface area (Å²) < 4.78 is 0. The number of rotatable bonds is 5. The number of nitrogens with two attached hydrogens (primary N) is 1. The third-order valence-electron chi connectivity index (χ3n) is 2.79. The van der Waals surface area contributed by atoms with Crippen LogP contribution in [-0.2, 0) is 0 Å². The summed E-state index contributed by atoms with van der Waals surface area (Å²) in [5.74, 6) is 0.245. The normalized spacial score (nSPS) is 12.5. The first-order valence-electron chi connectivity index (χ1n) is 5.73. The predicted octanol–water partition coefficient (Wildman–Crippen LogP) is 1.90. The SMILES string of the molecule is CC(=O)c1cc(N[C@H](CO)C(C)C)ccc1N. The molecule has 0 aliphatic rings. The summed E-state index contributed by atoms with van der Waals surface area (Å²) in [7, 11) is 0. The number of carbonyl (C=O) groups excluding carboxylic acids is 1. The monoisotopic (exact) mass is 236 g/mol. The van der Waals surface area contributed by atoms with E-state index < -0.39 is 0 Å². The van der Waals surface area contributed by atoms with Gasteiger partial charge in [0.1, 0.15) is 0 Å². The van der Waals surface area contributed by atoms with Gasteiger partial charge in [-0.15, -0.1) is 0 Å². The highest BCUT2D eigenvalue weighted by Crippen LogP contribution is 2.20. The van der Waals surface area contributed by atoms with Gasteiger partial charge in [0.05, 0.1) is 12.6 Å². The van der Waals surface area contributed by atoms with Crippen molar-refractivity contribution in [2.45, 2.75) is 26.8 Å². The standard InChI is InChI=1S/C13H20N2O2/c1-8(2)13(7-16)15-10-4-5-12(14)11(6-10)9(3)17/h4-6,8,13,15-16H,7,14H2,1-3H3/t13-/m1/s1. The molecule has 17 heavy (non-hydrogen) atoms. The second-order valence-electron chi connectivity index (χ2n) is 4.54. The molecule has 1 atom stereocenters. The van der Waals surface area contributed by atoms with E-state index in [1.54, 1.807) is 12.1 Å². The van der Waals surface area contributed by atoms with Crippen molar-refractivity contribution in [3.63, 3.8) is 0 Å². The molecule has 0 aliphatic heterocycles. The van der Waals surface area contributed by atoms with Gasteiger partial charge in [0.2, 0.25) is 0 Å². The molecule has 0 saturated carbocycles. The fraction of sp³-hybridized carbons (Fsp3) is 0.462. The van der Waals surface area contributed by atoms with Crippen molar-refractivity contribution in [1.29, 1.82) is 0 Å². The van der Waals surface area contributed by atoms with Crippen LogP contribution in [0.25, 0.3) is 0 Å². The molecule has 1 aromatic rings. The number of hydrogen-bond donors (Lipinski definition) is 3. The molecule has 0 aliphatic carbocycles. The van der Waals surface area contributed by atoms with E-state index in [0.717, 1.165) is 5.69 Å². The van der Waals surface area contributed by atoms with Crippen molar-refractivity contribution in [3.05, 3.63) is 23.8 Å². The van der Waals surface area contributed by atoms with Crippen LogP contribution in [0, 0.1) is 5.92 Å². The quantitative estimate of drug-likeness (QED) is 0.539. The summed E-state index contributed by atoms with van der Waals surface area (Å²) in [6.07, 6.45) is 0. The Morgan fingerprint density at radius 1 is 1.47 bits per heavy atom. The molecule has 0 saturated heterocycles. The number of ketones is 1. The first-order chi connectivity index (χ1) is 7.95. The molecular weight excluding hydrogens is 216 g/mol. The molecule has 94 valence electrons. The third kappa shape index (κ3) is 3.46. The zero-order valence-electron chi connectivity index (χ0n) is 10.5. The molecule has 1 aromatic carbocycles. The number of carbonyl (C=O) groups is 1. The fourth-order valence-electron chi connectivity index (χ4n) is 1.59. The lowest BCUT2D eigenvalue weighted by atomic mass is 10.0. The number of anilines is 2. The Balaban J connectivity index is 2.92. The highest BCUT2D eigenvalue weighted by atomic mass is 16.3. The zero-order chi connectivity index (χ0) is 13.0. The van der Waals surface area contributed by atoms with Gasteiger partial charge in [0.15, 0.2) is 5.78 Å². The molecule has 0 bridgehead atoms. The maximum atomic E-state index is 11.4. The largest absolute Gasteiger partial charge is 0.398 e.